The molecule has 22 heavy (non-hydrogen) atoms. The van der Waals surface area contributed by atoms with Crippen molar-refractivity contribution < 1.29 is 33.3 Å². The molecule has 1 aliphatic heterocycles. The number of carbonyl (C=O) groups is 2. The number of carbonyl (C=O) groups excluding carboxylic acids is 1. The van der Waals surface area contributed by atoms with E-state index in [1.54, 1.807) is 0 Å². The molecule has 9 heteroatoms. The summed E-state index contributed by atoms with van der Waals surface area (Å²) in [5.74, 6) is -2.30. The van der Waals surface area contributed by atoms with Gasteiger partial charge in [-0.15, -0.1) is 0 Å². The molecule has 0 spiro atoms. The Hall–Kier alpha value is -1.93. The number of hydrogen-bond acceptors (Lipinski definition) is 4. The van der Waals surface area contributed by atoms with Gasteiger partial charge in [0, 0.05) is 11.6 Å². The highest BCUT2D eigenvalue weighted by molar-refractivity contribution is 6.30. The van der Waals surface area contributed by atoms with Gasteiger partial charge in [-0.25, -0.2) is 4.79 Å². The molecule has 120 valence electrons. The fraction of sp³-hybridized carbons (Fsp3) is 0.385. The normalized spacial score (nSPS) is 18.8. The van der Waals surface area contributed by atoms with Gasteiger partial charge in [-0.1, -0.05) is 11.6 Å². The van der Waals surface area contributed by atoms with Crippen LogP contribution in [0.4, 0.5) is 8.78 Å². The molecule has 1 amide bonds. The second-order valence-electron chi connectivity index (χ2n) is 4.68. The molecule has 1 heterocycles. The molecule has 0 aliphatic carbocycles. The average Bonchev–Trinajstić information content (AvgIpc) is 2.33. The lowest BCUT2D eigenvalue weighted by molar-refractivity contribution is -0.161. The number of carboxylic acids is 1. The minimum Gasteiger partial charge on any atom is -0.480 e. The molecule has 0 saturated carbocycles. The van der Waals surface area contributed by atoms with E-state index in [0.29, 0.717) is 6.42 Å². The summed E-state index contributed by atoms with van der Waals surface area (Å²) in [5, 5.41) is 18.9. The van der Waals surface area contributed by atoms with Crippen LogP contribution in [0.15, 0.2) is 18.2 Å². The van der Waals surface area contributed by atoms with Crippen molar-refractivity contribution >= 4 is 23.5 Å². The van der Waals surface area contributed by atoms with Crippen LogP contribution >= 0.6 is 11.6 Å². The minimum atomic E-state index is -3.08. The third-order valence-electron chi connectivity index (χ3n) is 3.26. The Labute approximate surface area is 128 Å². The van der Waals surface area contributed by atoms with E-state index in [-0.39, 0.29) is 22.9 Å². The highest BCUT2D eigenvalue weighted by Crippen LogP contribution is 2.29. The number of halogens is 3. The molecular weight excluding hydrogens is 324 g/mol. The number of ether oxygens (including phenoxy) is 1. The summed E-state index contributed by atoms with van der Waals surface area (Å²) in [5.41, 5.74) is -0.0517. The van der Waals surface area contributed by atoms with Gasteiger partial charge in [0.25, 0.3) is 5.91 Å². The standard InChI is InChI=1S/C13H12ClF2NO5/c14-7-3-6(4-8(5-7)22-13(15)16)10(18)11(19)17-2-1-9(17)12(20)21/h3-5,9-10,13,18H,1-2H2,(H,20,21). The monoisotopic (exact) mass is 335 g/mol. The van der Waals surface area contributed by atoms with Crippen LogP contribution in [0.2, 0.25) is 5.02 Å². The van der Waals surface area contributed by atoms with Crippen LogP contribution in [-0.2, 0) is 9.59 Å². The third kappa shape index (κ3) is 3.45. The molecule has 1 aliphatic rings. The Morgan fingerprint density at radius 2 is 2.05 bits per heavy atom. The van der Waals surface area contributed by atoms with Crippen molar-refractivity contribution in [3.63, 3.8) is 0 Å². The summed E-state index contributed by atoms with van der Waals surface area (Å²) >= 11 is 5.73. The van der Waals surface area contributed by atoms with Crippen molar-refractivity contribution in [2.75, 3.05) is 6.54 Å². The van der Waals surface area contributed by atoms with Crippen molar-refractivity contribution in [3.05, 3.63) is 28.8 Å². The summed E-state index contributed by atoms with van der Waals surface area (Å²) in [6.45, 7) is -2.88. The smallest absolute Gasteiger partial charge is 0.387 e. The van der Waals surface area contributed by atoms with Crippen molar-refractivity contribution in [2.45, 2.75) is 25.2 Å². The first-order valence-electron chi connectivity index (χ1n) is 6.26. The first kappa shape index (κ1) is 16.4. The molecule has 1 aromatic carbocycles. The van der Waals surface area contributed by atoms with Gasteiger partial charge in [-0.05, 0) is 30.2 Å². The van der Waals surface area contributed by atoms with E-state index in [9.17, 15) is 23.5 Å². The molecule has 1 fully saturated rings. The summed E-state index contributed by atoms with van der Waals surface area (Å²) in [7, 11) is 0. The maximum atomic E-state index is 12.2. The Morgan fingerprint density at radius 3 is 2.55 bits per heavy atom. The minimum absolute atomic E-state index is 0.00149. The zero-order valence-corrected chi connectivity index (χ0v) is 11.8. The predicted molar refractivity (Wildman–Crippen MR) is 70.8 cm³/mol. The van der Waals surface area contributed by atoms with Gasteiger partial charge >= 0.3 is 12.6 Å². The summed E-state index contributed by atoms with van der Waals surface area (Å²) in [6, 6.07) is 2.39. The van der Waals surface area contributed by atoms with Gasteiger partial charge in [-0.3, -0.25) is 4.79 Å². The molecule has 2 atom stereocenters. The third-order valence-corrected chi connectivity index (χ3v) is 3.47. The van der Waals surface area contributed by atoms with Crippen molar-refractivity contribution in [2.24, 2.45) is 0 Å². The van der Waals surface area contributed by atoms with Gasteiger partial charge in [0.1, 0.15) is 11.8 Å². The van der Waals surface area contributed by atoms with E-state index < -0.39 is 30.6 Å². The van der Waals surface area contributed by atoms with Gasteiger partial charge in [0.2, 0.25) is 0 Å². The lowest BCUT2D eigenvalue weighted by atomic mass is 10.00. The van der Waals surface area contributed by atoms with Gasteiger partial charge in [0.15, 0.2) is 6.10 Å². The van der Waals surface area contributed by atoms with Crippen molar-refractivity contribution in [3.8, 4) is 5.75 Å². The molecule has 1 saturated heterocycles. The van der Waals surface area contributed by atoms with E-state index >= 15 is 0 Å². The second kappa shape index (κ2) is 6.45. The maximum absolute atomic E-state index is 12.2. The number of alkyl halides is 2. The maximum Gasteiger partial charge on any atom is 0.387 e. The molecule has 6 nitrogen and oxygen atoms in total. The molecule has 0 bridgehead atoms. The number of hydrogen-bond donors (Lipinski definition) is 2. The number of nitrogens with zero attached hydrogens (tertiary/aromatic N) is 1. The van der Waals surface area contributed by atoms with E-state index in [0.717, 1.165) is 17.0 Å². The molecular formula is C13H12ClF2NO5. The lowest BCUT2D eigenvalue weighted by Crippen LogP contribution is -2.56. The van der Waals surface area contributed by atoms with Crippen molar-refractivity contribution in [1.82, 2.24) is 4.90 Å². The van der Waals surface area contributed by atoms with E-state index in [2.05, 4.69) is 4.74 Å². The fourth-order valence-corrected chi connectivity index (χ4v) is 2.35. The molecule has 2 unspecified atom stereocenters. The van der Waals surface area contributed by atoms with Crippen LogP contribution in [0.5, 0.6) is 5.75 Å². The topological polar surface area (TPSA) is 87.1 Å². The van der Waals surface area contributed by atoms with Gasteiger partial charge in [-0.2, -0.15) is 8.78 Å². The van der Waals surface area contributed by atoms with E-state index in [1.807, 2.05) is 0 Å². The second-order valence-corrected chi connectivity index (χ2v) is 5.11. The molecule has 1 aromatic rings. The van der Waals surface area contributed by atoms with Crippen LogP contribution < -0.4 is 4.74 Å². The predicted octanol–water partition coefficient (Wildman–Crippen LogP) is 1.66. The lowest BCUT2D eigenvalue weighted by Gasteiger charge is -2.39. The van der Waals surface area contributed by atoms with Crippen LogP contribution in [0.1, 0.15) is 18.1 Å². The zero-order valence-electron chi connectivity index (χ0n) is 11.1. The Morgan fingerprint density at radius 1 is 1.36 bits per heavy atom. The number of carboxylic acid groups (broad SMARTS) is 1. The number of aliphatic carboxylic acids is 1. The average molecular weight is 336 g/mol. The van der Waals surface area contributed by atoms with E-state index in [1.165, 1.54) is 6.07 Å². The fourth-order valence-electron chi connectivity index (χ4n) is 2.12. The molecule has 2 rings (SSSR count). The number of amides is 1. The Bertz CT molecular complexity index is 598. The Balaban J connectivity index is 2.18. The van der Waals surface area contributed by atoms with Gasteiger partial charge < -0.3 is 19.8 Å². The highest BCUT2D eigenvalue weighted by Gasteiger charge is 2.40. The summed E-state index contributed by atoms with van der Waals surface area (Å²) in [4.78, 5) is 24.0. The molecule has 0 radical (unpaired) electrons. The SMILES string of the molecule is O=C(O)C1CCN1C(=O)C(O)c1cc(Cl)cc(OC(F)F)c1. The van der Waals surface area contributed by atoms with Crippen molar-refractivity contribution in [1.29, 1.82) is 0 Å². The number of likely N-dealkylation sites (tertiary alicyclic amines) is 1. The summed E-state index contributed by atoms with van der Waals surface area (Å²) in [6.07, 6.45) is -1.41. The highest BCUT2D eigenvalue weighted by atomic mass is 35.5. The number of benzene rings is 1. The Kier molecular flexibility index (Phi) is 4.82. The zero-order chi connectivity index (χ0) is 16.4. The number of aliphatic hydroxyl groups is 1. The molecule has 0 aromatic heterocycles. The van der Waals surface area contributed by atoms with Crippen LogP contribution in [-0.4, -0.2) is 46.2 Å². The number of rotatable bonds is 5. The van der Waals surface area contributed by atoms with E-state index in [4.69, 9.17) is 16.7 Å². The quantitative estimate of drug-likeness (QED) is 0.854. The van der Waals surface area contributed by atoms with Crippen LogP contribution in [0.25, 0.3) is 0 Å². The van der Waals surface area contributed by atoms with Crippen LogP contribution in [0.3, 0.4) is 0 Å². The van der Waals surface area contributed by atoms with Gasteiger partial charge in [0.05, 0.1) is 0 Å². The van der Waals surface area contributed by atoms with Crippen LogP contribution in [0, 0.1) is 0 Å². The number of aliphatic hydroxyl groups excluding tert-OH is 1. The summed E-state index contributed by atoms with van der Waals surface area (Å²) < 4.78 is 28.6. The molecule has 2 N–H and O–H groups in total. The first-order valence-corrected chi connectivity index (χ1v) is 6.64. The largest absolute Gasteiger partial charge is 0.480 e. The first-order chi connectivity index (χ1) is 10.3.